The summed E-state index contributed by atoms with van der Waals surface area (Å²) >= 11 is 0. The van der Waals surface area contributed by atoms with Gasteiger partial charge in [-0.25, -0.2) is 0 Å². The molecule has 0 radical (unpaired) electrons. The molecule has 1 aromatic carbocycles. The van der Waals surface area contributed by atoms with Gasteiger partial charge in [0.05, 0.1) is 0 Å². The molecule has 128 valence electrons. The molecule has 0 aliphatic heterocycles. The van der Waals surface area contributed by atoms with Gasteiger partial charge in [0.1, 0.15) is 0 Å². The third-order valence-corrected chi connectivity index (χ3v) is 5.52. The van der Waals surface area contributed by atoms with Crippen LogP contribution in [0.2, 0.25) is 0 Å². The van der Waals surface area contributed by atoms with Gasteiger partial charge in [-0.15, -0.1) is 0 Å². The summed E-state index contributed by atoms with van der Waals surface area (Å²) in [6.45, 7) is 1.41. The van der Waals surface area contributed by atoms with Gasteiger partial charge in [-0.05, 0) is 48.3 Å². The molecule has 0 saturated heterocycles. The lowest BCUT2D eigenvalue weighted by atomic mass is 9.92. The van der Waals surface area contributed by atoms with Crippen molar-refractivity contribution in [2.24, 2.45) is 17.8 Å². The van der Waals surface area contributed by atoms with E-state index in [-0.39, 0.29) is 5.92 Å². The number of hydrogen-bond donors (Lipinski definition) is 0. The minimum absolute atomic E-state index is 0.169. The zero-order chi connectivity index (χ0) is 17.1. The first-order valence-electron chi connectivity index (χ1n) is 9.19. The first kappa shape index (κ1) is 16.1. The van der Waals surface area contributed by atoms with Gasteiger partial charge in [0, 0.05) is 31.4 Å². The number of allylic oxidation sites excluding steroid dienone is 2. The molecule has 1 amide bonds. The second kappa shape index (κ2) is 7.22. The summed E-state index contributed by atoms with van der Waals surface area (Å²) < 4.78 is 0. The molecule has 1 aromatic heterocycles. The summed E-state index contributed by atoms with van der Waals surface area (Å²) in [5.41, 5.74) is 2.38. The van der Waals surface area contributed by atoms with Crippen molar-refractivity contribution in [2.45, 2.75) is 25.8 Å². The Hall–Kier alpha value is -2.42. The van der Waals surface area contributed by atoms with Crippen LogP contribution in [0.5, 0.6) is 0 Å². The smallest absolute Gasteiger partial charge is 0.226 e. The van der Waals surface area contributed by atoms with E-state index in [0.29, 0.717) is 24.3 Å². The second-order valence-corrected chi connectivity index (χ2v) is 7.24. The Morgan fingerprint density at radius 1 is 1.04 bits per heavy atom. The minimum Gasteiger partial charge on any atom is -0.338 e. The molecule has 25 heavy (non-hydrogen) atoms. The summed E-state index contributed by atoms with van der Waals surface area (Å²) in [5, 5.41) is 0. The summed E-state index contributed by atoms with van der Waals surface area (Å²) in [7, 11) is 0. The van der Waals surface area contributed by atoms with Crippen molar-refractivity contribution in [1.29, 1.82) is 0 Å². The summed E-state index contributed by atoms with van der Waals surface area (Å²) in [6.07, 6.45) is 11.3. The van der Waals surface area contributed by atoms with Crippen LogP contribution >= 0.6 is 0 Å². The summed E-state index contributed by atoms with van der Waals surface area (Å²) in [4.78, 5) is 19.5. The maximum atomic E-state index is 13.2. The third-order valence-electron chi connectivity index (χ3n) is 5.52. The highest BCUT2D eigenvalue weighted by molar-refractivity contribution is 5.80. The molecule has 0 unspecified atom stereocenters. The highest BCUT2D eigenvalue weighted by atomic mass is 16.2. The first-order valence-corrected chi connectivity index (χ1v) is 9.19. The number of nitrogens with zero attached hydrogens (tertiary/aromatic N) is 2. The van der Waals surface area contributed by atoms with Gasteiger partial charge in [-0.3, -0.25) is 9.78 Å². The fourth-order valence-electron chi connectivity index (χ4n) is 4.19. The lowest BCUT2D eigenvalue weighted by Crippen LogP contribution is -2.38. The van der Waals surface area contributed by atoms with Crippen molar-refractivity contribution in [1.82, 2.24) is 9.88 Å². The van der Waals surface area contributed by atoms with Crippen LogP contribution < -0.4 is 0 Å². The number of hydrogen-bond acceptors (Lipinski definition) is 2. The molecule has 2 bridgehead atoms. The Labute approximate surface area is 149 Å². The fraction of sp³-hybridized carbons (Fsp3) is 0.364. The molecule has 2 aromatic rings. The zero-order valence-corrected chi connectivity index (χ0v) is 14.4. The summed E-state index contributed by atoms with van der Waals surface area (Å²) in [6, 6.07) is 14.4. The zero-order valence-electron chi connectivity index (χ0n) is 14.4. The fourth-order valence-corrected chi connectivity index (χ4v) is 4.19. The van der Waals surface area contributed by atoms with Gasteiger partial charge in [0.2, 0.25) is 5.91 Å². The first-order chi connectivity index (χ1) is 12.3. The van der Waals surface area contributed by atoms with Crippen LogP contribution in [0.25, 0.3) is 0 Å². The number of fused-ring (bicyclic) bond motifs is 2. The van der Waals surface area contributed by atoms with Crippen LogP contribution in [0.1, 0.15) is 24.0 Å². The lowest BCUT2D eigenvalue weighted by Gasteiger charge is -2.28. The number of pyridine rings is 1. The van der Waals surface area contributed by atoms with Gasteiger partial charge >= 0.3 is 0 Å². The molecule has 2 aliphatic carbocycles. The molecule has 4 rings (SSSR count). The maximum Gasteiger partial charge on any atom is 0.226 e. The van der Waals surface area contributed by atoms with Crippen molar-refractivity contribution in [2.75, 3.05) is 6.54 Å². The van der Waals surface area contributed by atoms with E-state index in [1.54, 1.807) is 6.20 Å². The van der Waals surface area contributed by atoms with E-state index in [1.807, 2.05) is 23.2 Å². The summed E-state index contributed by atoms with van der Waals surface area (Å²) in [5.74, 6) is 1.55. The maximum absolute atomic E-state index is 13.2. The number of amides is 1. The Morgan fingerprint density at radius 3 is 2.56 bits per heavy atom. The number of carbonyl (C=O) groups is 1. The van der Waals surface area contributed by atoms with E-state index in [9.17, 15) is 4.79 Å². The molecular weight excluding hydrogens is 308 g/mol. The topological polar surface area (TPSA) is 33.2 Å². The molecule has 1 fully saturated rings. The number of rotatable bonds is 6. The van der Waals surface area contributed by atoms with E-state index in [0.717, 1.165) is 31.4 Å². The van der Waals surface area contributed by atoms with Crippen LogP contribution in [0.15, 0.2) is 67.0 Å². The van der Waals surface area contributed by atoms with Crippen LogP contribution in [0, 0.1) is 17.8 Å². The Kier molecular flexibility index (Phi) is 4.64. The van der Waals surface area contributed by atoms with E-state index in [2.05, 4.69) is 47.5 Å². The normalized spacial score (nSPS) is 23.8. The molecular formula is C22H24N2O. The van der Waals surface area contributed by atoms with Gasteiger partial charge in [-0.2, -0.15) is 0 Å². The van der Waals surface area contributed by atoms with Crippen LogP contribution in [-0.2, 0) is 17.8 Å². The van der Waals surface area contributed by atoms with E-state index in [4.69, 9.17) is 0 Å². The molecule has 2 aliphatic rings. The number of benzene rings is 1. The molecule has 3 heteroatoms. The van der Waals surface area contributed by atoms with Gasteiger partial charge in [-0.1, -0.05) is 48.6 Å². The largest absolute Gasteiger partial charge is 0.338 e. The van der Waals surface area contributed by atoms with E-state index in [1.165, 1.54) is 5.56 Å². The molecule has 3 atom stereocenters. The number of carbonyl (C=O) groups excluding carboxylic acids is 1. The van der Waals surface area contributed by atoms with Crippen LogP contribution in [0.3, 0.4) is 0 Å². The SMILES string of the molecule is O=C([C@H]1C[C@@H]2C=C[C@H]1C2)N(CCc1ccccc1)Cc1cccnc1. The van der Waals surface area contributed by atoms with Crippen molar-refractivity contribution < 1.29 is 4.79 Å². The molecule has 3 nitrogen and oxygen atoms in total. The van der Waals surface area contributed by atoms with Crippen molar-refractivity contribution in [3.8, 4) is 0 Å². The third kappa shape index (κ3) is 3.65. The van der Waals surface area contributed by atoms with Crippen LogP contribution in [0.4, 0.5) is 0 Å². The van der Waals surface area contributed by atoms with Crippen molar-refractivity contribution >= 4 is 5.91 Å². The predicted octanol–water partition coefficient (Wildman–Crippen LogP) is 3.87. The average molecular weight is 332 g/mol. The average Bonchev–Trinajstić information content (AvgIpc) is 3.30. The lowest BCUT2D eigenvalue weighted by molar-refractivity contribution is -0.137. The second-order valence-electron chi connectivity index (χ2n) is 7.24. The molecule has 1 heterocycles. The predicted molar refractivity (Wildman–Crippen MR) is 98.6 cm³/mol. The van der Waals surface area contributed by atoms with Crippen molar-refractivity contribution in [3.05, 3.63) is 78.1 Å². The Balaban J connectivity index is 1.48. The highest BCUT2D eigenvalue weighted by Gasteiger charge is 2.41. The molecule has 0 N–H and O–H groups in total. The Morgan fingerprint density at radius 2 is 1.88 bits per heavy atom. The van der Waals surface area contributed by atoms with Gasteiger partial charge < -0.3 is 4.90 Å². The standard InChI is InChI=1S/C22H24N2O/c25-22(21-14-18-8-9-20(21)13-18)24(16-19-7-4-11-23-15-19)12-10-17-5-2-1-3-6-17/h1-9,11,15,18,20-21H,10,12-14,16H2/t18-,20+,21+/m1/s1. The van der Waals surface area contributed by atoms with Gasteiger partial charge in [0.15, 0.2) is 0 Å². The van der Waals surface area contributed by atoms with E-state index < -0.39 is 0 Å². The number of aromatic nitrogens is 1. The van der Waals surface area contributed by atoms with Crippen LogP contribution in [-0.4, -0.2) is 22.3 Å². The highest BCUT2D eigenvalue weighted by Crippen LogP contribution is 2.44. The minimum atomic E-state index is 0.169. The monoisotopic (exact) mass is 332 g/mol. The van der Waals surface area contributed by atoms with E-state index >= 15 is 0 Å². The van der Waals surface area contributed by atoms with Crippen molar-refractivity contribution in [3.63, 3.8) is 0 Å². The molecule has 0 spiro atoms. The Bertz CT molecular complexity index is 741. The van der Waals surface area contributed by atoms with Gasteiger partial charge in [0.25, 0.3) is 0 Å². The molecule has 1 saturated carbocycles. The quantitative estimate of drug-likeness (QED) is 0.753.